The lowest BCUT2D eigenvalue weighted by Crippen LogP contribution is -1.87. The van der Waals surface area contributed by atoms with Gasteiger partial charge in [0.1, 0.15) is 11.6 Å². The van der Waals surface area contributed by atoms with Gasteiger partial charge >= 0.3 is 0 Å². The highest BCUT2D eigenvalue weighted by atomic mass is 19.1. The SMILES string of the molecule is COc1c[c]c(F)cc1C. The van der Waals surface area contributed by atoms with Crippen LogP contribution in [0, 0.1) is 18.8 Å². The van der Waals surface area contributed by atoms with E-state index < -0.39 is 0 Å². The van der Waals surface area contributed by atoms with E-state index in [0.29, 0.717) is 5.75 Å². The zero-order valence-corrected chi connectivity index (χ0v) is 5.94. The summed E-state index contributed by atoms with van der Waals surface area (Å²) < 4.78 is 17.3. The molecular weight excluding hydrogens is 131 g/mol. The average molecular weight is 139 g/mol. The molecule has 0 saturated carbocycles. The maximum absolute atomic E-state index is 12.4. The largest absolute Gasteiger partial charge is 0.496 e. The van der Waals surface area contributed by atoms with Gasteiger partial charge in [0, 0.05) is 6.07 Å². The third kappa shape index (κ3) is 1.26. The molecule has 1 rings (SSSR count). The summed E-state index contributed by atoms with van der Waals surface area (Å²) in [5, 5.41) is 0. The van der Waals surface area contributed by atoms with Crippen molar-refractivity contribution in [2.45, 2.75) is 6.92 Å². The first-order valence-electron chi connectivity index (χ1n) is 2.96. The highest BCUT2D eigenvalue weighted by molar-refractivity contribution is 5.31. The summed E-state index contributed by atoms with van der Waals surface area (Å²) in [6, 6.07) is 5.28. The fraction of sp³-hybridized carbons (Fsp3) is 0.250. The third-order valence-corrected chi connectivity index (χ3v) is 1.29. The Morgan fingerprint density at radius 2 is 2.30 bits per heavy atom. The predicted molar refractivity (Wildman–Crippen MR) is 36.5 cm³/mol. The number of methoxy groups -OCH3 is 1. The fourth-order valence-corrected chi connectivity index (χ4v) is 0.771. The molecule has 0 aliphatic heterocycles. The van der Waals surface area contributed by atoms with Crippen molar-refractivity contribution in [2.75, 3.05) is 7.11 Å². The van der Waals surface area contributed by atoms with Crippen molar-refractivity contribution < 1.29 is 9.13 Å². The summed E-state index contributed by atoms with van der Waals surface area (Å²) in [7, 11) is 1.55. The standard InChI is InChI=1S/C8H8FO/c1-6-5-7(9)3-4-8(6)10-2/h4-5H,1-2H3. The van der Waals surface area contributed by atoms with Crippen molar-refractivity contribution in [1.82, 2.24) is 0 Å². The van der Waals surface area contributed by atoms with Crippen molar-refractivity contribution in [3.63, 3.8) is 0 Å². The number of halogens is 1. The molecule has 10 heavy (non-hydrogen) atoms. The molecule has 0 aromatic heterocycles. The Morgan fingerprint density at radius 1 is 1.60 bits per heavy atom. The third-order valence-electron chi connectivity index (χ3n) is 1.29. The van der Waals surface area contributed by atoms with Crippen LogP contribution in [0.25, 0.3) is 0 Å². The van der Waals surface area contributed by atoms with Crippen LogP contribution in [0.5, 0.6) is 5.75 Å². The molecule has 0 spiro atoms. The second-order valence-corrected chi connectivity index (χ2v) is 2.03. The molecule has 53 valence electrons. The number of aryl methyl sites for hydroxylation is 1. The van der Waals surface area contributed by atoms with Gasteiger partial charge in [-0.3, -0.25) is 0 Å². The van der Waals surface area contributed by atoms with Crippen LogP contribution in [-0.2, 0) is 0 Å². The molecular formula is C8H8FO. The number of benzene rings is 1. The van der Waals surface area contributed by atoms with Gasteiger partial charge in [0.15, 0.2) is 0 Å². The monoisotopic (exact) mass is 139 g/mol. The minimum Gasteiger partial charge on any atom is -0.496 e. The molecule has 0 heterocycles. The van der Waals surface area contributed by atoms with Crippen LogP contribution >= 0.6 is 0 Å². The fourth-order valence-electron chi connectivity index (χ4n) is 0.771. The molecule has 0 amide bonds. The number of hydrogen-bond donors (Lipinski definition) is 0. The molecule has 0 saturated heterocycles. The van der Waals surface area contributed by atoms with E-state index >= 15 is 0 Å². The molecule has 0 aliphatic carbocycles. The minimum atomic E-state index is -0.349. The summed E-state index contributed by atoms with van der Waals surface area (Å²) in [6.07, 6.45) is 0. The van der Waals surface area contributed by atoms with E-state index in [1.165, 1.54) is 12.1 Å². The highest BCUT2D eigenvalue weighted by Gasteiger charge is 1.97. The zero-order valence-electron chi connectivity index (χ0n) is 5.94. The summed E-state index contributed by atoms with van der Waals surface area (Å²) in [6.45, 7) is 1.79. The summed E-state index contributed by atoms with van der Waals surface area (Å²) in [5.41, 5.74) is 0.791. The van der Waals surface area contributed by atoms with Gasteiger partial charge in [0.05, 0.1) is 7.11 Å². The van der Waals surface area contributed by atoms with Crippen LogP contribution in [-0.4, -0.2) is 7.11 Å². The lowest BCUT2D eigenvalue weighted by atomic mass is 10.2. The lowest BCUT2D eigenvalue weighted by molar-refractivity contribution is 0.410. The van der Waals surface area contributed by atoms with E-state index in [9.17, 15) is 4.39 Å². The van der Waals surface area contributed by atoms with E-state index in [1.54, 1.807) is 14.0 Å². The smallest absolute Gasteiger partial charge is 0.131 e. The Morgan fingerprint density at radius 3 is 2.80 bits per heavy atom. The Balaban J connectivity index is 3.07. The second-order valence-electron chi connectivity index (χ2n) is 2.03. The molecule has 0 bridgehead atoms. The lowest BCUT2D eigenvalue weighted by Gasteiger charge is -2.01. The normalized spacial score (nSPS) is 9.50. The molecule has 1 aromatic rings. The van der Waals surface area contributed by atoms with Gasteiger partial charge in [-0.1, -0.05) is 0 Å². The van der Waals surface area contributed by atoms with Crippen LogP contribution in [0.1, 0.15) is 5.56 Å². The van der Waals surface area contributed by atoms with Crippen molar-refractivity contribution in [3.05, 3.63) is 29.6 Å². The summed E-state index contributed by atoms with van der Waals surface area (Å²) in [5.74, 6) is 0.319. The maximum Gasteiger partial charge on any atom is 0.131 e. The van der Waals surface area contributed by atoms with Crippen molar-refractivity contribution >= 4 is 0 Å². The predicted octanol–water partition coefficient (Wildman–Crippen LogP) is 1.94. The first kappa shape index (κ1) is 7.06. The first-order chi connectivity index (χ1) is 4.74. The Hall–Kier alpha value is -1.05. The average Bonchev–Trinajstić information content (AvgIpc) is 1.88. The van der Waals surface area contributed by atoms with E-state index in [1.807, 2.05) is 0 Å². The zero-order chi connectivity index (χ0) is 7.56. The van der Waals surface area contributed by atoms with Gasteiger partial charge in [0.2, 0.25) is 0 Å². The van der Waals surface area contributed by atoms with Gasteiger partial charge in [-0.05, 0) is 24.6 Å². The van der Waals surface area contributed by atoms with Gasteiger partial charge < -0.3 is 4.74 Å². The molecule has 0 atom stereocenters. The Bertz CT molecular complexity index is 233. The second kappa shape index (κ2) is 2.69. The van der Waals surface area contributed by atoms with Crippen molar-refractivity contribution in [3.8, 4) is 5.75 Å². The molecule has 0 unspecified atom stereocenters. The van der Waals surface area contributed by atoms with Gasteiger partial charge in [0.25, 0.3) is 0 Å². The van der Waals surface area contributed by atoms with Crippen LogP contribution in [0.15, 0.2) is 12.1 Å². The van der Waals surface area contributed by atoms with Gasteiger partial charge in [-0.15, -0.1) is 0 Å². The van der Waals surface area contributed by atoms with Crippen molar-refractivity contribution in [1.29, 1.82) is 0 Å². The molecule has 0 aliphatic rings. The topological polar surface area (TPSA) is 9.23 Å². The molecule has 1 aromatic carbocycles. The number of hydrogen-bond acceptors (Lipinski definition) is 1. The van der Waals surface area contributed by atoms with E-state index in [2.05, 4.69) is 6.07 Å². The van der Waals surface area contributed by atoms with Crippen molar-refractivity contribution in [2.24, 2.45) is 0 Å². The van der Waals surface area contributed by atoms with Crippen LogP contribution < -0.4 is 4.74 Å². The van der Waals surface area contributed by atoms with E-state index in [0.717, 1.165) is 5.56 Å². The van der Waals surface area contributed by atoms with Crippen LogP contribution in [0.2, 0.25) is 0 Å². The summed E-state index contributed by atoms with van der Waals surface area (Å²) >= 11 is 0. The Labute approximate surface area is 59.4 Å². The quantitative estimate of drug-likeness (QED) is 0.577. The first-order valence-corrected chi connectivity index (χ1v) is 2.96. The Kier molecular flexibility index (Phi) is 1.90. The van der Waals surface area contributed by atoms with E-state index in [4.69, 9.17) is 4.74 Å². The van der Waals surface area contributed by atoms with Crippen LogP contribution in [0.4, 0.5) is 4.39 Å². The minimum absolute atomic E-state index is 0.349. The van der Waals surface area contributed by atoms with E-state index in [-0.39, 0.29) is 5.82 Å². The van der Waals surface area contributed by atoms with Crippen LogP contribution in [0.3, 0.4) is 0 Å². The maximum atomic E-state index is 12.4. The molecule has 1 radical (unpaired) electrons. The molecule has 0 fully saturated rings. The number of rotatable bonds is 1. The molecule has 1 nitrogen and oxygen atoms in total. The summed E-state index contributed by atoms with van der Waals surface area (Å²) in [4.78, 5) is 0. The highest BCUT2D eigenvalue weighted by Crippen LogP contribution is 2.16. The van der Waals surface area contributed by atoms with Gasteiger partial charge in [-0.2, -0.15) is 0 Å². The molecule has 0 N–H and O–H groups in total. The number of ether oxygens (including phenoxy) is 1. The molecule has 2 heteroatoms. The van der Waals surface area contributed by atoms with Gasteiger partial charge in [-0.25, -0.2) is 4.39 Å².